The van der Waals surface area contributed by atoms with Crippen LogP contribution in [0.3, 0.4) is 0 Å². The molecule has 2 fully saturated rings. The van der Waals surface area contributed by atoms with Gasteiger partial charge < -0.3 is 42.5 Å². The third-order valence-corrected chi connectivity index (χ3v) is 17.4. The quantitative estimate of drug-likeness (QED) is 0.0209. The van der Waals surface area contributed by atoms with Crippen molar-refractivity contribution >= 4 is 0 Å². The molecule has 4 unspecified atom stereocenters. The zero-order chi connectivity index (χ0) is 53.3. The number of benzene rings is 4. The van der Waals surface area contributed by atoms with Gasteiger partial charge in [-0.15, -0.1) is 0 Å². The van der Waals surface area contributed by atoms with Crippen LogP contribution in [-0.4, -0.2) is 104 Å². The van der Waals surface area contributed by atoms with Crippen LogP contribution in [0.25, 0.3) is 0 Å². The summed E-state index contributed by atoms with van der Waals surface area (Å²) in [5, 5.41) is 30.2. The number of hydrogen-bond donors (Lipinski definition) is 8. The fraction of sp³-hybridized carbons (Fsp3) is 0.647. The minimum absolute atomic E-state index is 0.403. The predicted octanol–water partition coefficient (Wildman–Crippen LogP) is 12.2. The van der Waals surface area contributed by atoms with E-state index in [2.05, 4.69) is 192 Å². The van der Waals surface area contributed by atoms with Crippen LogP contribution in [0.2, 0.25) is 0 Å². The van der Waals surface area contributed by atoms with E-state index in [1.165, 1.54) is 105 Å². The van der Waals surface area contributed by atoms with Crippen molar-refractivity contribution in [2.24, 2.45) is 29.6 Å². The largest absolute Gasteiger partial charge is 0.317 e. The molecular formula is C68H110N8. The molecule has 0 saturated heterocycles. The van der Waals surface area contributed by atoms with Crippen LogP contribution in [0.1, 0.15) is 177 Å². The Labute approximate surface area is 465 Å². The summed E-state index contributed by atoms with van der Waals surface area (Å²) in [5.74, 6) is 5.46. The minimum Gasteiger partial charge on any atom is -0.317 e. The van der Waals surface area contributed by atoms with Gasteiger partial charge in [-0.2, -0.15) is 0 Å². The van der Waals surface area contributed by atoms with Gasteiger partial charge in [0, 0.05) is 23.9 Å². The van der Waals surface area contributed by atoms with Crippen molar-refractivity contribution in [3.63, 3.8) is 0 Å². The minimum atomic E-state index is 0.403. The molecule has 0 aliphatic heterocycles. The van der Waals surface area contributed by atoms with E-state index in [9.17, 15) is 0 Å². The molecule has 0 amide bonds. The molecule has 2 aliphatic carbocycles. The maximum atomic E-state index is 4.07. The summed E-state index contributed by atoms with van der Waals surface area (Å²) in [6.45, 7) is 27.4. The van der Waals surface area contributed by atoms with E-state index < -0.39 is 0 Å². The highest BCUT2D eigenvalue weighted by atomic mass is 15.0. The normalized spacial score (nSPS) is 20.5. The zero-order valence-electron chi connectivity index (χ0n) is 48.7. The van der Waals surface area contributed by atoms with Crippen molar-refractivity contribution in [3.8, 4) is 0 Å². The molecule has 0 radical (unpaired) electrons. The Balaban J connectivity index is 0.775. The molecule has 8 nitrogen and oxygen atoms in total. The lowest BCUT2D eigenvalue weighted by atomic mass is 9.71. The molecule has 4 aromatic rings. The van der Waals surface area contributed by atoms with Crippen LogP contribution < -0.4 is 42.5 Å². The molecule has 8 heteroatoms. The molecule has 0 spiro atoms. The van der Waals surface area contributed by atoms with Crippen molar-refractivity contribution in [1.82, 2.24) is 42.5 Å². The summed E-state index contributed by atoms with van der Waals surface area (Å²) in [7, 11) is 0. The lowest BCUT2D eigenvalue weighted by Crippen LogP contribution is -2.43. The van der Waals surface area contributed by atoms with Gasteiger partial charge in [-0.1, -0.05) is 156 Å². The van der Waals surface area contributed by atoms with Gasteiger partial charge in [0.25, 0.3) is 0 Å². The summed E-state index contributed by atoms with van der Waals surface area (Å²) >= 11 is 0. The highest BCUT2D eigenvalue weighted by molar-refractivity contribution is 5.36. The Morgan fingerprint density at radius 3 is 1.11 bits per heavy atom. The molecule has 2 saturated carbocycles. The summed E-state index contributed by atoms with van der Waals surface area (Å²) in [4.78, 5) is 0. The molecular weight excluding hydrogens is 929 g/mol. The summed E-state index contributed by atoms with van der Waals surface area (Å²) < 4.78 is 0. The first-order valence-corrected chi connectivity index (χ1v) is 31.3. The van der Waals surface area contributed by atoms with Gasteiger partial charge in [0.15, 0.2) is 0 Å². The van der Waals surface area contributed by atoms with Crippen LogP contribution in [0.5, 0.6) is 0 Å². The van der Waals surface area contributed by atoms with Gasteiger partial charge in [-0.25, -0.2) is 0 Å². The Morgan fingerprint density at radius 2 is 0.697 bits per heavy atom. The van der Waals surface area contributed by atoms with E-state index in [1.54, 1.807) is 0 Å². The standard InChI is InChI=1S/C68H110N8/c1-54(2)63-34-28-56(5)52-67(63)75-48-20-46-71-42-17-43-72-47-21-49-76-68-53-62(33-35-64(68)55(3)4)57-29-31-61(32-30-57)66(60-26-13-8-14-27-60)37-51-74-45-19-41-70-39-16-15-38-69-40-18-44-73-50-36-65(58-22-9-6-10-23-58)59-24-11-7-12-25-59/h6-14,22-27,29-32,54-56,62-76H,15-21,28,33-53H2,1-5H3/t56-,62?,63+,64+,66?,67?,68?/m1/s1. The molecule has 7 atom stereocenters. The van der Waals surface area contributed by atoms with Gasteiger partial charge in [0.1, 0.15) is 0 Å². The molecule has 0 bridgehead atoms. The SMILES string of the molecule is CC(C)[C@@H]1CCC(c2ccc(C(CCNCCCNCCCCNCCCNCCC(c3ccccc3)c3ccccc3)c3ccccc3)cc2)CC1NCCCNCCCNCCCNC1C[C@H](C)CC[C@H]1C(C)C. The molecule has 0 aromatic heterocycles. The van der Waals surface area contributed by atoms with Crippen LogP contribution in [0.4, 0.5) is 0 Å². The molecule has 8 N–H and O–H groups in total. The maximum Gasteiger partial charge on any atom is 0.0104 e. The first kappa shape index (κ1) is 61.8. The highest BCUT2D eigenvalue weighted by Gasteiger charge is 2.33. The Bertz CT molecular complexity index is 1960. The van der Waals surface area contributed by atoms with Crippen molar-refractivity contribution < 1.29 is 0 Å². The van der Waals surface area contributed by atoms with E-state index in [-0.39, 0.29) is 0 Å². The van der Waals surface area contributed by atoms with Crippen LogP contribution in [-0.2, 0) is 0 Å². The lowest BCUT2D eigenvalue weighted by molar-refractivity contribution is 0.170. The highest BCUT2D eigenvalue weighted by Crippen LogP contribution is 2.40. The first-order valence-electron chi connectivity index (χ1n) is 31.3. The molecule has 422 valence electrons. The first-order chi connectivity index (χ1) is 37.4. The Morgan fingerprint density at radius 1 is 0.355 bits per heavy atom. The zero-order valence-corrected chi connectivity index (χ0v) is 48.7. The molecule has 2 aliphatic rings. The predicted molar refractivity (Wildman–Crippen MR) is 328 cm³/mol. The van der Waals surface area contributed by atoms with Gasteiger partial charge >= 0.3 is 0 Å². The average molecular weight is 1040 g/mol. The van der Waals surface area contributed by atoms with Crippen molar-refractivity contribution in [2.75, 3.05) is 91.6 Å². The average Bonchev–Trinajstić information content (AvgIpc) is 3.45. The lowest BCUT2D eigenvalue weighted by Gasteiger charge is -2.39. The van der Waals surface area contributed by atoms with E-state index in [0.717, 1.165) is 135 Å². The van der Waals surface area contributed by atoms with E-state index >= 15 is 0 Å². The smallest absolute Gasteiger partial charge is 0.0104 e. The second-order valence-electron chi connectivity index (χ2n) is 23.9. The molecule has 76 heavy (non-hydrogen) atoms. The van der Waals surface area contributed by atoms with E-state index in [0.29, 0.717) is 35.8 Å². The summed E-state index contributed by atoms with van der Waals surface area (Å²) in [6.07, 6.45) is 18.6. The summed E-state index contributed by atoms with van der Waals surface area (Å²) in [6, 6.07) is 44.3. The Kier molecular flexibility index (Phi) is 30.4. The molecule has 4 aromatic carbocycles. The number of unbranched alkanes of at least 4 members (excludes halogenated alkanes) is 1. The van der Waals surface area contributed by atoms with Crippen LogP contribution >= 0.6 is 0 Å². The van der Waals surface area contributed by atoms with Crippen LogP contribution in [0.15, 0.2) is 115 Å². The molecule has 0 heterocycles. The topological polar surface area (TPSA) is 96.2 Å². The van der Waals surface area contributed by atoms with Gasteiger partial charge in [-0.3, -0.25) is 0 Å². The van der Waals surface area contributed by atoms with Gasteiger partial charge in [0.2, 0.25) is 0 Å². The second-order valence-corrected chi connectivity index (χ2v) is 23.9. The van der Waals surface area contributed by atoms with Crippen molar-refractivity contribution in [2.45, 2.75) is 161 Å². The third kappa shape index (κ3) is 23.1. The maximum absolute atomic E-state index is 4.07. The van der Waals surface area contributed by atoms with Crippen molar-refractivity contribution in [1.29, 1.82) is 0 Å². The van der Waals surface area contributed by atoms with E-state index in [4.69, 9.17) is 0 Å². The monoisotopic (exact) mass is 1040 g/mol. The number of rotatable bonds is 40. The van der Waals surface area contributed by atoms with Crippen molar-refractivity contribution in [3.05, 3.63) is 143 Å². The molecule has 6 rings (SSSR count). The fourth-order valence-corrected chi connectivity index (χ4v) is 12.8. The fourth-order valence-electron chi connectivity index (χ4n) is 12.8. The van der Waals surface area contributed by atoms with Gasteiger partial charge in [0.05, 0.1) is 0 Å². The second kappa shape index (κ2) is 37.4. The van der Waals surface area contributed by atoms with E-state index in [1.807, 2.05) is 0 Å². The number of nitrogens with one attached hydrogen (secondary N) is 8. The van der Waals surface area contributed by atoms with Crippen LogP contribution in [0, 0.1) is 29.6 Å². The summed E-state index contributed by atoms with van der Waals surface area (Å²) in [5.41, 5.74) is 7.21. The third-order valence-electron chi connectivity index (χ3n) is 17.4. The number of hydrogen-bond acceptors (Lipinski definition) is 8. The van der Waals surface area contributed by atoms with Gasteiger partial charge in [-0.05, 0) is 245 Å². The Hall–Kier alpha value is -3.44.